The summed E-state index contributed by atoms with van der Waals surface area (Å²) in [6, 6.07) is 70.0. The van der Waals surface area contributed by atoms with Gasteiger partial charge in [0.2, 0.25) is 0 Å². The van der Waals surface area contributed by atoms with Crippen molar-refractivity contribution >= 4 is 43.5 Å². The average Bonchev–Trinajstić information content (AvgIpc) is 3.67. The molecular weight excluding hydrogens is 695 g/mol. The SMILES string of the molecule is c1ccc(-c2cccc(-c3nc(-c4ccc5ccccc5c4)nc(-c4ccc5cc(-c6cccc7oc8ccc(-c9ccccc9)cc8c67)ccc5c4)n3)c2)cc1. The van der Waals surface area contributed by atoms with Crippen LogP contribution in [0.2, 0.25) is 0 Å². The Bertz CT molecular complexity index is 3300. The smallest absolute Gasteiger partial charge is 0.164 e. The van der Waals surface area contributed by atoms with Crippen LogP contribution < -0.4 is 0 Å². The van der Waals surface area contributed by atoms with E-state index in [-0.39, 0.29) is 0 Å². The van der Waals surface area contributed by atoms with Crippen molar-refractivity contribution < 1.29 is 4.42 Å². The molecule has 11 aromatic rings. The minimum atomic E-state index is 0.628. The maximum atomic E-state index is 6.37. The third-order valence-corrected chi connectivity index (χ3v) is 10.9. The summed E-state index contributed by atoms with van der Waals surface area (Å²) in [7, 11) is 0. The molecule has 4 nitrogen and oxygen atoms in total. The zero-order chi connectivity index (χ0) is 37.7. The Kier molecular flexibility index (Phi) is 7.78. The van der Waals surface area contributed by atoms with Gasteiger partial charge < -0.3 is 4.42 Å². The third kappa shape index (κ3) is 6.01. The molecule has 0 saturated carbocycles. The van der Waals surface area contributed by atoms with Crippen LogP contribution in [0.3, 0.4) is 0 Å². The van der Waals surface area contributed by atoms with Gasteiger partial charge in [-0.2, -0.15) is 0 Å². The summed E-state index contributed by atoms with van der Waals surface area (Å²) in [6.45, 7) is 0. The van der Waals surface area contributed by atoms with Crippen molar-refractivity contribution in [1.82, 2.24) is 15.0 Å². The molecule has 11 rings (SSSR count). The van der Waals surface area contributed by atoms with Crippen LogP contribution >= 0.6 is 0 Å². The summed E-state index contributed by atoms with van der Waals surface area (Å²) >= 11 is 0. The van der Waals surface area contributed by atoms with Gasteiger partial charge in [-0.15, -0.1) is 0 Å². The molecule has 0 aliphatic carbocycles. The van der Waals surface area contributed by atoms with Crippen LogP contribution in [0.1, 0.15) is 0 Å². The summed E-state index contributed by atoms with van der Waals surface area (Å²) in [5.74, 6) is 1.90. The molecule has 0 bridgehead atoms. The van der Waals surface area contributed by atoms with E-state index in [9.17, 15) is 0 Å². The second-order valence-electron chi connectivity index (χ2n) is 14.4. The third-order valence-electron chi connectivity index (χ3n) is 10.9. The highest BCUT2D eigenvalue weighted by molar-refractivity contribution is 6.13. The molecule has 9 aromatic carbocycles. The highest BCUT2D eigenvalue weighted by atomic mass is 16.3. The Hall–Kier alpha value is -7.69. The number of furan rings is 1. The lowest BCUT2D eigenvalue weighted by atomic mass is 9.95. The molecule has 0 unspecified atom stereocenters. The number of hydrogen-bond acceptors (Lipinski definition) is 4. The van der Waals surface area contributed by atoms with Crippen molar-refractivity contribution in [3.63, 3.8) is 0 Å². The lowest BCUT2D eigenvalue weighted by Gasteiger charge is -2.11. The summed E-state index contributed by atoms with van der Waals surface area (Å²) in [4.78, 5) is 15.3. The number of rotatable bonds is 6. The standard InChI is InChI=1S/C53H33N3O/c1-3-11-34(12-4-1)38-17-9-18-43(30-38)51-54-52(44-25-21-36-15-7-8-16-37(36)31-44)56-53(55-51)45-26-23-39-29-42(24-22-40(39)32-45)46-19-10-20-49-50(46)47-33-41(27-28-48(47)57-49)35-13-5-2-6-14-35/h1-33H. The predicted molar refractivity (Wildman–Crippen MR) is 235 cm³/mol. The van der Waals surface area contributed by atoms with Crippen LogP contribution in [0.4, 0.5) is 0 Å². The van der Waals surface area contributed by atoms with Crippen molar-refractivity contribution in [2.45, 2.75) is 0 Å². The fourth-order valence-corrected chi connectivity index (χ4v) is 7.99. The van der Waals surface area contributed by atoms with E-state index in [1.165, 1.54) is 16.5 Å². The Labute approximate surface area is 329 Å². The van der Waals surface area contributed by atoms with Crippen molar-refractivity contribution in [2.24, 2.45) is 0 Å². The van der Waals surface area contributed by atoms with Gasteiger partial charge in [0.05, 0.1) is 0 Å². The average molecular weight is 728 g/mol. The van der Waals surface area contributed by atoms with Crippen LogP contribution in [0.25, 0.3) is 111 Å². The molecule has 0 atom stereocenters. The molecular formula is C53H33N3O. The maximum Gasteiger partial charge on any atom is 0.164 e. The monoisotopic (exact) mass is 727 g/mol. The molecule has 0 saturated heterocycles. The van der Waals surface area contributed by atoms with E-state index in [1.807, 2.05) is 12.1 Å². The fraction of sp³-hybridized carbons (Fsp3) is 0. The van der Waals surface area contributed by atoms with Gasteiger partial charge >= 0.3 is 0 Å². The first-order valence-corrected chi connectivity index (χ1v) is 19.2. The number of nitrogens with zero attached hydrogens (tertiary/aromatic N) is 3. The Morgan fingerprint density at radius 3 is 1.44 bits per heavy atom. The fourth-order valence-electron chi connectivity index (χ4n) is 7.99. The van der Waals surface area contributed by atoms with Crippen molar-refractivity contribution in [3.8, 4) is 67.5 Å². The van der Waals surface area contributed by atoms with Gasteiger partial charge in [-0.3, -0.25) is 0 Å². The summed E-state index contributed by atoms with van der Waals surface area (Å²) in [5.41, 5.74) is 11.4. The zero-order valence-corrected chi connectivity index (χ0v) is 30.8. The van der Waals surface area contributed by atoms with Crippen molar-refractivity contribution in [3.05, 3.63) is 200 Å². The van der Waals surface area contributed by atoms with E-state index in [2.05, 4.69) is 188 Å². The lowest BCUT2D eigenvalue weighted by molar-refractivity contribution is 0.669. The van der Waals surface area contributed by atoms with E-state index in [4.69, 9.17) is 19.4 Å². The minimum Gasteiger partial charge on any atom is -0.456 e. The topological polar surface area (TPSA) is 51.8 Å². The quantitative estimate of drug-likeness (QED) is 0.171. The Balaban J connectivity index is 1.02. The summed E-state index contributed by atoms with van der Waals surface area (Å²) in [6.07, 6.45) is 0. The van der Waals surface area contributed by atoms with Crippen LogP contribution in [0.15, 0.2) is 205 Å². The number of hydrogen-bond donors (Lipinski definition) is 0. The summed E-state index contributed by atoms with van der Waals surface area (Å²) in [5, 5.41) is 6.78. The molecule has 4 heteroatoms. The van der Waals surface area contributed by atoms with Crippen LogP contribution in [0, 0.1) is 0 Å². The second-order valence-corrected chi connectivity index (χ2v) is 14.4. The van der Waals surface area contributed by atoms with Crippen molar-refractivity contribution in [1.29, 1.82) is 0 Å². The molecule has 0 fully saturated rings. The van der Waals surface area contributed by atoms with E-state index in [1.54, 1.807) is 0 Å². The van der Waals surface area contributed by atoms with Gasteiger partial charge in [0.25, 0.3) is 0 Å². The molecule has 0 aliphatic heterocycles. The van der Waals surface area contributed by atoms with E-state index >= 15 is 0 Å². The lowest BCUT2D eigenvalue weighted by Crippen LogP contribution is -2.00. The molecule has 0 aliphatic rings. The highest BCUT2D eigenvalue weighted by Crippen LogP contribution is 2.40. The molecule has 0 radical (unpaired) electrons. The van der Waals surface area contributed by atoms with E-state index in [0.29, 0.717) is 17.5 Å². The summed E-state index contributed by atoms with van der Waals surface area (Å²) < 4.78 is 6.37. The molecule has 0 spiro atoms. The molecule has 0 amide bonds. The molecule has 2 heterocycles. The zero-order valence-electron chi connectivity index (χ0n) is 30.8. The molecule has 2 aromatic heterocycles. The van der Waals surface area contributed by atoms with Gasteiger partial charge in [-0.25, -0.2) is 15.0 Å². The Morgan fingerprint density at radius 2 is 0.754 bits per heavy atom. The maximum absolute atomic E-state index is 6.37. The molecule has 57 heavy (non-hydrogen) atoms. The van der Waals surface area contributed by atoms with Gasteiger partial charge in [-0.05, 0) is 97.4 Å². The highest BCUT2D eigenvalue weighted by Gasteiger charge is 2.16. The number of benzene rings is 9. The van der Waals surface area contributed by atoms with Gasteiger partial charge in [0.15, 0.2) is 17.5 Å². The first kappa shape index (κ1) is 32.7. The predicted octanol–water partition coefficient (Wildman–Crippen LogP) is 14.1. The number of aromatic nitrogens is 3. The van der Waals surface area contributed by atoms with Crippen LogP contribution in [0.5, 0.6) is 0 Å². The van der Waals surface area contributed by atoms with Crippen LogP contribution in [-0.2, 0) is 0 Å². The minimum absolute atomic E-state index is 0.628. The Morgan fingerprint density at radius 1 is 0.281 bits per heavy atom. The normalized spacial score (nSPS) is 11.5. The second kappa shape index (κ2) is 13.6. The molecule has 0 N–H and O–H groups in total. The molecule has 266 valence electrons. The van der Waals surface area contributed by atoms with Crippen LogP contribution in [-0.4, -0.2) is 15.0 Å². The van der Waals surface area contributed by atoms with Crippen molar-refractivity contribution in [2.75, 3.05) is 0 Å². The first-order chi connectivity index (χ1) is 28.2. The first-order valence-electron chi connectivity index (χ1n) is 19.2. The van der Waals surface area contributed by atoms with Gasteiger partial charge in [0, 0.05) is 27.5 Å². The van der Waals surface area contributed by atoms with E-state index < -0.39 is 0 Å². The number of fused-ring (bicyclic) bond motifs is 5. The van der Waals surface area contributed by atoms with Gasteiger partial charge in [0.1, 0.15) is 11.2 Å². The van der Waals surface area contributed by atoms with Gasteiger partial charge in [-0.1, -0.05) is 158 Å². The largest absolute Gasteiger partial charge is 0.456 e. The van der Waals surface area contributed by atoms with E-state index in [0.717, 1.165) is 77.0 Å².